The number of hydrogen-bond acceptors (Lipinski definition) is 3. The summed E-state index contributed by atoms with van der Waals surface area (Å²) in [5.74, 6) is 0. The van der Waals surface area contributed by atoms with Crippen molar-refractivity contribution < 1.29 is 4.79 Å². The van der Waals surface area contributed by atoms with E-state index in [9.17, 15) is 4.79 Å². The van der Waals surface area contributed by atoms with E-state index in [4.69, 9.17) is 5.73 Å². The van der Waals surface area contributed by atoms with Gasteiger partial charge in [-0.15, -0.1) is 11.3 Å². The summed E-state index contributed by atoms with van der Waals surface area (Å²) >= 11 is 1.61. The number of carbonyl (C=O) groups is 1. The Morgan fingerprint density at radius 1 is 1.69 bits per heavy atom. The SMILES string of the molecule is Cc1ccc(/C=N/N(C)C(N)=O)s1. The summed E-state index contributed by atoms with van der Waals surface area (Å²) < 4.78 is 0. The second kappa shape index (κ2) is 4.04. The van der Waals surface area contributed by atoms with Gasteiger partial charge in [-0.3, -0.25) is 0 Å². The minimum Gasteiger partial charge on any atom is -0.350 e. The molecule has 0 radical (unpaired) electrons. The molecule has 0 spiro atoms. The molecule has 0 saturated heterocycles. The molecule has 4 nitrogen and oxygen atoms in total. The molecule has 0 unspecified atom stereocenters. The van der Waals surface area contributed by atoms with Crippen molar-refractivity contribution in [1.82, 2.24) is 5.01 Å². The first-order valence-electron chi connectivity index (χ1n) is 3.73. The second-order valence-electron chi connectivity index (χ2n) is 2.55. The second-order valence-corrected chi connectivity index (χ2v) is 3.87. The lowest BCUT2D eigenvalue weighted by molar-refractivity contribution is 0.220. The van der Waals surface area contributed by atoms with Crippen LogP contribution in [0.15, 0.2) is 17.2 Å². The van der Waals surface area contributed by atoms with E-state index in [1.165, 1.54) is 11.9 Å². The van der Waals surface area contributed by atoms with Gasteiger partial charge in [0, 0.05) is 16.8 Å². The molecule has 1 rings (SSSR count). The Morgan fingerprint density at radius 2 is 2.38 bits per heavy atom. The largest absolute Gasteiger partial charge is 0.350 e. The zero-order valence-corrected chi connectivity index (χ0v) is 8.34. The van der Waals surface area contributed by atoms with Crippen molar-refractivity contribution in [2.24, 2.45) is 10.8 Å². The number of carbonyl (C=O) groups excluding carboxylic acids is 1. The minimum atomic E-state index is -0.565. The van der Waals surface area contributed by atoms with E-state index in [0.29, 0.717) is 0 Å². The number of thiophene rings is 1. The fourth-order valence-corrected chi connectivity index (χ4v) is 1.47. The maximum atomic E-state index is 10.6. The van der Waals surface area contributed by atoms with E-state index < -0.39 is 6.03 Å². The molecule has 0 fully saturated rings. The fraction of sp³-hybridized carbons (Fsp3) is 0.250. The van der Waals surface area contributed by atoms with Gasteiger partial charge in [0.2, 0.25) is 0 Å². The maximum absolute atomic E-state index is 10.6. The van der Waals surface area contributed by atoms with Gasteiger partial charge in [0.05, 0.1) is 6.21 Å². The lowest BCUT2D eigenvalue weighted by Gasteiger charge is -2.04. The summed E-state index contributed by atoms with van der Waals surface area (Å²) in [5.41, 5.74) is 4.98. The molecule has 2 N–H and O–H groups in total. The van der Waals surface area contributed by atoms with E-state index >= 15 is 0 Å². The van der Waals surface area contributed by atoms with Crippen LogP contribution in [-0.2, 0) is 0 Å². The van der Waals surface area contributed by atoms with Crippen LogP contribution < -0.4 is 5.73 Å². The van der Waals surface area contributed by atoms with Crippen LogP contribution in [0.1, 0.15) is 9.75 Å². The van der Waals surface area contributed by atoms with Crippen LogP contribution in [0.5, 0.6) is 0 Å². The molecule has 0 bridgehead atoms. The smallest absolute Gasteiger partial charge is 0.334 e. The number of nitrogens with zero attached hydrogens (tertiary/aromatic N) is 2. The minimum absolute atomic E-state index is 0.565. The summed E-state index contributed by atoms with van der Waals surface area (Å²) in [6.07, 6.45) is 1.61. The van der Waals surface area contributed by atoms with Crippen LogP contribution in [-0.4, -0.2) is 24.3 Å². The van der Waals surface area contributed by atoms with Gasteiger partial charge in [0.25, 0.3) is 0 Å². The van der Waals surface area contributed by atoms with Crippen LogP contribution in [0.4, 0.5) is 4.79 Å². The molecular formula is C8H11N3OS. The van der Waals surface area contributed by atoms with Gasteiger partial charge in [-0.05, 0) is 19.1 Å². The van der Waals surface area contributed by atoms with Gasteiger partial charge in [-0.2, -0.15) is 5.10 Å². The third kappa shape index (κ3) is 2.87. The Hall–Kier alpha value is -1.36. The quantitative estimate of drug-likeness (QED) is 0.565. The van der Waals surface area contributed by atoms with Gasteiger partial charge >= 0.3 is 6.03 Å². The lowest BCUT2D eigenvalue weighted by Crippen LogP contribution is -2.27. The normalized spacial score (nSPS) is 10.6. The zero-order chi connectivity index (χ0) is 9.84. The van der Waals surface area contributed by atoms with Crippen LogP contribution in [0.2, 0.25) is 0 Å². The number of amides is 2. The molecule has 13 heavy (non-hydrogen) atoms. The molecule has 0 aliphatic heterocycles. The first-order chi connectivity index (χ1) is 6.09. The number of aryl methyl sites for hydroxylation is 1. The number of urea groups is 1. The van der Waals surface area contributed by atoms with Gasteiger partial charge in [0.15, 0.2) is 0 Å². The van der Waals surface area contributed by atoms with Crippen molar-refractivity contribution in [3.8, 4) is 0 Å². The number of primary amides is 1. The molecular weight excluding hydrogens is 186 g/mol. The highest BCUT2D eigenvalue weighted by Gasteiger charge is 1.98. The number of rotatable bonds is 2. The maximum Gasteiger partial charge on any atom is 0.334 e. The lowest BCUT2D eigenvalue weighted by atomic mass is 10.4. The Kier molecular flexibility index (Phi) is 3.02. The Labute approximate surface area is 80.7 Å². The van der Waals surface area contributed by atoms with E-state index in [2.05, 4.69) is 5.10 Å². The highest BCUT2D eigenvalue weighted by Crippen LogP contribution is 2.12. The average molecular weight is 197 g/mol. The summed E-state index contributed by atoms with van der Waals surface area (Å²) in [4.78, 5) is 12.8. The van der Waals surface area contributed by atoms with Crippen molar-refractivity contribution in [3.63, 3.8) is 0 Å². The van der Waals surface area contributed by atoms with Crippen molar-refractivity contribution >= 4 is 23.6 Å². The topological polar surface area (TPSA) is 58.7 Å². The van der Waals surface area contributed by atoms with Crippen LogP contribution in [0, 0.1) is 6.92 Å². The third-order valence-corrected chi connectivity index (χ3v) is 2.37. The Bertz CT molecular complexity index is 332. The summed E-state index contributed by atoms with van der Waals surface area (Å²) in [6, 6.07) is 3.37. The summed E-state index contributed by atoms with van der Waals surface area (Å²) in [6.45, 7) is 2.01. The van der Waals surface area contributed by atoms with Crippen LogP contribution in [0.3, 0.4) is 0 Å². The molecule has 0 aliphatic carbocycles. The number of nitrogens with two attached hydrogens (primary N) is 1. The summed E-state index contributed by atoms with van der Waals surface area (Å²) in [7, 11) is 1.51. The third-order valence-electron chi connectivity index (χ3n) is 1.44. The molecule has 5 heteroatoms. The number of hydrazone groups is 1. The first kappa shape index (κ1) is 9.73. The molecule has 0 saturated carbocycles. The standard InChI is InChI=1S/C8H11N3OS/c1-6-3-4-7(13-6)5-10-11(2)8(9)12/h3-5H,1-2H3,(H2,9,12)/b10-5+. The highest BCUT2D eigenvalue weighted by molar-refractivity contribution is 7.13. The Balaban J connectivity index is 2.63. The molecule has 0 aromatic carbocycles. The van der Waals surface area contributed by atoms with Crippen LogP contribution in [0.25, 0.3) is 0 Å². The summed E-state index contributed by atoms with van der Waals surface area (Å²) in [5, 5.41) is 4.94. The van der Waals surface area contributed by atoms with Crippen molar-refractivity contribution in [3.05, 3.63) is 21.9 Å². The van der Waals surface area contributed by atoms with E-state index in [-0.39, 0.29) is 0 Å². The van der Waals surface area contributed by atoms with Gasteiger partial charge < -0.3 is 5.73 Å². The van der Waals surface area contributed by atoms with Crippen molar-refractivity contribution in [2.75, 3.05) is 7.05 Å². The predicted molar refractivity (Wildman–Crippen MR) is 54.0 cm³/mol. The fourth-order valence-electron chi connectivity index (χ4n) is 0.723. The average Bonchev–Trinajstić information content (AvgIpc) is 2.47. The zero-order valence-electron chi connectivity index (χ0n) is 7.52. The van der Waals surface area contributed by atoms with Gasteiger partial charge in [-0.25, -0.2) is 9.80 Å². The van der Waals surface area contributed by atoms with E-state index in [1.807, 2.05) is 19.1 Å². The monoisotopic (exact) mass is 197 g/mol. The molecule has 0 aliphatic rings. The number of hydrogen-bond donors (Lipinski definition) is 1. The van der Waals surface area contributed by atoms with Crippen molar-refractivity contribution in [1.29, 1.82) is 0 Å². The molecule has 1 aromatic heterocycles. The molecule has 70 valence electrons. The molecule has 2 amide bonds. The van der Waals surface area contributed by atoms with E-state index in [0.717, 1.165) is 9.89 Å². The van der Waals surface area contributed by atoms with E-state index in [1.54, 1.807) is 17.6 Å². The molecule has 1 heterocycles. The van der Waals surface area contributed by atoms with Gasteiger partial charge in [0.1, 0.15) is 0 Å². The molecule has 1 aromatic rings. The first-order valence-corrected chi connectivity index (χ1v) is 4.55. The highest BCUT2D eigenvalue weighted by atomic mass is 32.1. The van der Waals surface area contributed by atoms with Gasteiger partial charge in [-0.1, -0.05) is 0 Å². The van der Waals surface area contributed by atoms with Crippen molar-refractivity contribution in [2.45, 2.75) is 6.92 Å². The van der Waals surface area contributed by atoms with Crippen LogP contribution >= 0.6 is 11.3 Å². The Morgan fingerprint density at radius 3 is 2.85 bits per heavy atom. The predicted octanol–water partition coefficient (Wildman–Crippen LogP) is 1.40. The molecule has 0 atom stereocenters.